The number of anilines is 1. The summed E-state index contributed by atoms with van der Waals surface area (Å²) in [5, 5.41) is 6.86. The molecular formula is C19H21FN6O2S. The Bertz CT molecular complexity index is 1040. The van der Waals surface area contributed by atoms with E-state index in [4.69, 9.17) is 4.74 Å². The Hall–Kier alpha value is -2.72. The maximum absolute atomic E-state index is 13.5. The van der Waals surface area contributed by atoms with Crippen LogP contribution in [0.4, 0.5) is 10.3 Å². The third-order valence-electron chi connectivity index (χ3n) is 4.72. The molecule has 1 saturated heterocycles. The maximum atomic E-state index is 13.5. The maximum Gasteiger partial charge on any atom is 0.271 e. The normalized spacial score (nSPS) is 17.4. The van der Waals surface area contributed by atoms with E-state index in [0.29, 0.717) is 35.0 Å². The molecule has 29 heavy (non-hydrogen) atoms. The van der Waals surface area contributed by atoms with Crippen LogP contribution in [0.1, 0.15) is 40.4 Å². The number of nitrogens with one attached hydrogen (secondary N) is 2. The molecule has 152 valence electrons. The van der Waals surface area contributed by atoms with Gasteiger partial charge in [-0.05, 0) is 31.9 Å². The highest BCUT2D eigenvalue weighted by Gasteiger charge is 2.22. The van der Waals surface area contributed by atoms with Crippen molar-refractivity contribution in [3.63, 3.8) is 0 Å². The molecule has 3 aromatic heterocycles. The Labute approximate surface area is 171 Å². The largest absolute Gasteiger partial charge is 0.381 e. The van der Waals surface area contributed by atoms with Crippen LogP contribution in [0, 0.1) is 18.7 Å². The van der Waals surface area contributed by atoms with E-state index in [2.05, 4.69) is 30.6 Å². The van der Waals surface area contributed by atoms with Crippen molar-refractivity contribution < 1.29 is 13.9 Å². The fraction of sp³-hybridized carbons (Fsp3) is 0.421. The first-order valence-corrected chi connectivity index (χ1v) is 10.2. The summed E-state index contributed by atoms with van der Waals surface area (Å²) < 4.78 is 19.5. The number of nitrogens with zero attached hydrogens (tertiary/aromatic N) is 4. The molecule has 0 aliphatic carbocycles. The summed E-state index contributed by atoms with van der Waals surface area (Å²) in [7, 11) is 0. The van der Waals surface area contributed by atoms with E-state index in [0.717, 1.165) is 24.2 Å². The zero-order chi connectivity index (χ0) is 20.4. The molecule has 0 saturated carbocycles. The molecule has 0 radical (unpaired) electrons. The lowest BCUT2D eigenvalue weighted by Crippen LogP contribution is -2.30. The molecule has 0 aromatic carbocycles. The molecule has 1 aliphatic rings. The zero-order valence-corrected chi connectivity index (χ0v) is 16.9. The number of amides is 1. The van der Waals surface area contributed by atoms with Crippen LogP contribution in [0.5, 0.6) is 0 Å². The van der Waals surface area contributed by atoms with Crippen molar-refractivity contribution in [3.8, 4) is 0 Å². The fourth-order valence-corrected chi connectivity index (χ4v) is 4.00. The number of aryl methyl sites for hydroxylation is 1. The summed E-state index contributed by atoms with van der Waals surface area (Å²) in [5.74, 6) is -0.110. The summed E-state index contributed by atoms with van der Waals surface area (Å²) in [6, 6.07) is 1.09. The molecule has 4 heterocycles. The smallest absolute Gasteiger partial charge is 0.271 e. The number of rotatable bonds is 6. The lowest BCUT2D eigenvalue weighted by atomic mass is 10.1. The lowest BCUT2D eigenvalue weighted by molar-refractivity contribution is 0.0942. The number of carbonyl (C=O) groups excluding carboxylic acids is 1. The van der Waals surface area contributed by atoms with Crippen molar-refractivity contribution in [2.24, 2.45) is 5.92 Å². The van der Waals surface area contributed by atoms with Crippen molar-refractivity contribution in [1.29, 1.82) is 0 Å². The molecule has 1 amide bonds. The van der Waals surface area contributed by atoms with Gasteiger partial charge in [-0.25, -0.2) is 14.4 Å². The van der Waals surface area contributed by atoms with Gasteiger partial charge in [0.05, 0.1) is 23.9 Å². The SMILES string of the molecule is Cc1nc2nc(N[C@@H](C)c3cncc(F)c3)nc(C(=O)NC[C@H]3CCOC3)c2s1. The molecule has 8 nitrogen and oxygen atoms in total. The zero-order valence-electron chi connectivity index (χ0n) is 16.1. The van der Waals surface area contributed by atoms with E-state index >= 15 is 0 Å². The summed E-state index contributed by atoms with van der Waals surface area (Å²) in [4.78, 5) is 30.0. The van der Waals surface area contributed by atoms with Gasteiger partial charge in [0.25, 0.3) is 5.91 Å². The van der Waals surface area contributed by atoms with Crippen LogP contribution in [0.15, 0.2) is 18.5 Å². The second-order valence-electron chi connectivity index (χ2n) is 7.02. The minimum atomic E-state index is -0.418. The molecule has 1 aliphatic heterocycles. The number of hydrogen-bond donors (Lipinski definition) is 2. The molecule has 1 fully saturated rings. The average Bonchev–Trinajstić information content (AvgIpc) is 3.34. The van der Waals surface area contributed by atoms with Crippen LogP contribution in [-0.2, 0) is 4.74 Å². The standard InChI is InChI=1S/C19H21FN6O2S/c1-10(13-5-14(20)8-21-7-13)23-19-25-15(16-17(26-19)24-11(2)29-16)18(27)22-6-12-3-4-28-9-12/h5,7-8,10,12H,3-4,6,9H2,1-2H3,(H,22,27)(H,23,25,26)/t10-,12+/m0/s1. The first-order chi connectivity index (χ1) is 14.0. The molecule has 0 spiro atoms. The quantitative estimate of drug-likeness (QED) is 0.637. The van der Waals surface area contributed by atoms with E-state index in [1.165, 1.54) is 17.4 Å². The fourth-order valence-electron chi connectivity index (χ4n) is 3.15. The lowest BCUT2D eigenvalue weighted by Gasteiger charge is -2.15. The van der Waals surface area contributed by atoms with Gasteiger partial charge in [-0.1, -0.05) is 0 Å². The number of ether oxygens (including phenoxy) is 1. The van der Waals surface area contributed by atoms with Gasteiger partial charge in [0.1, 0.15) is 10.5 Å². The highest BCUT2D eigenvalue weighted by Crippen LogP contribution is 2.26. The third-order valence-corrected chi connectivity index (χ3v) is 5.69. The van der Waals surface area contributed by atoms with Gasteiger partial charge in [0.2, 0.25) is 5.95 Å². The van der Waals surface area contributed by atoms with Crippen molar-refractivity contribution in [1.82, 2.24) is 25.3 Å². The molecular weight excluding hydrogens is 395 g/mol. The van der Waals surface area contributed by atoms with Gasteiger partial charge in [-0.15, -0.1) is 11.3 Å². The first kappa shape index (κ1) is 19.6. The van der Waals surface area contributed by atoms with Gasteiger partial charge >= 0.3 is 0 Å². The van der Waals surface area contributed by atoms with E-state index < -0.39 is 5.82 Å². The number of fused-ring (bicyclic) bond motifs is 1. The number of aromatic nitrogens is 4. The van der Waals surface area contributed by atoms with Crippen LogP contribution in [0.25, 0.3) is 10.3 Å². The number of hydrogen-bond acceptors (Lipinski definition) is 8. The molecule has 0 bridgehead atoms. The van der Waals surface area contributed by atoms with Crippen LogP contribution in [-0.4, -0.2) is 45.6 Å². The second-order valence-corrected chi connectivity index (χ2v) is 8.23. The molecule has 2 atom stereocenters. The van der Waals surface area contributed by atoms with Crippen molar-refractivity contribution in [2.75, 3.05) is 25.1 Å². The molecule has 10 heteroatoms. The number of carbonyl (C=O) groups is 1. The van der Waals surface area contributed by atoms with E-state index in [-0.39, 0.29) is 23.6 Å². The Kier molecular flexibility index (Phi) is 5.63. The van der Waals surface area contributed by atoms with Gasteiger partial charge in [0, 0.05) is 25.3 Å². The third kappa shape index (κ3) is 4.48. The Balaban J connectivity index is 1.58. The highest BCUT2D eigenvalue weighted by molar-refractivity contribution is 7.18. The molecule has 3 aromatic rings. The predicted octanol–water partition coefficient (Wildman–Crippen LogP) is 2.87. The minimum Gasteiger partial charge on any atom is -0.381 e. The Morgan fingerprint density at radius 2 is 2.24 bits per heavy atom. The topological polar surface area (TPSA) is 102 Å². The number of pyridine rings is 1. The molecule has 4 rings (SSSR count). The highest BCUT2D eigenvalue weighted by atomic mass is 32.1. The van der Waals surface area contributed by atoms with Gasteiger partial charge in [0.15, 0.2) is 11.3 Å². The van der Waals surface area contributed by atoms with Gasteiger partial charge in [-0.2, -0.15) is 4.98 Å². The van der Waals surface area contributed by atoms with Crippen molar-refractivity contribution in [3.05, 3.63) is 40.5 Å². The van der Waals surface area contributed by atoms with Crippen LogP contribution in [0.3, 0.4) is 0 Å². The first-order valence-electron chi connectivity index (χ1n) is 9.37. The minimum absolute atomic E-state index is 0.258. The molecule has 2 N–H and O–H groups in total. The van der Waals surface area contributed by atoms with Crippen LogP contribution < -0.4 is 10.6 Å². The summed E-state index contributed by atoms with van der Waals surface area (Å²) in [6.07, 6.45) is 3.66. The van der Waals surface area contributed by atoms with Crippen LogP contribution >= 0.6 is 11.3 Å². The van der Waals surface area contributed by atoms with Gasteiger partial charge in [-0.3, -0.25) is 9.78 Å². The van der Waals surface area contributed by atoms with Crippen LogP contribution in [0.2, 0.25) is 0 Å². The van der Waals surface area contributed by atoms with Crippen molar-refractivity contribution >= 4 is 33.5 Å². The monoisotopic (exact) mass is 416 g/mol. The van der Waals surface area contributed by atoms with E-state index in [1.807, 2.05) is 13.8 Å². The molecule has 0 unspecified atom stereocenters. The van der Waals surface area contributed by atoms with Crippen molar-refractivity contribution in [2.45, 2.75) is 26.3 Å². The number of halogens is 1. The predicted molar refractivity (Wildman–Crippen MR) is 107 cm³/mol. The summed E-state index contributed by atoms with van der Waals surface area (Å²) in [6.45, 7) is 5.63. The van der Waals surface area contributed by atoms with Gasteiger partial charge < -0.3 is 15.4 Å². The van der Waals surface area contributed by atoms with E-state index in [9.17, 15) is 9.18 Å². The van der Waals surface area contributed by atoms with E-state index in [1.54, 1.807) is 6.20 Å². The Morgan fingerprint density at radius 3 is 3.00 bits per heavy atom. The second kappa shape index (κ2) is 8.34. The number of thiazole rings is 1. The summed E-state index contributed by atoms with van der Waals surface area (Å²) >= 11 is 1.38. The Morgan fingerprint density at radius 1 is 1.38 bits per heavy atom. The summed E-state index contributed by atoms with van der Waals surface area (Å²) in [5.41, 5.74) is 1.39. The average molecular weight is 416 g/mol.